The van der Waals surface area contributed by atoms with Gasteiger partial charge in [0, 0.05) is 32.1 Å². The van der Waals surface area contributed by atoms with Gasteiger partial charge in [-0.25, -0.2) is 0 Å². The van der Waals surface area contributed by atoms with Gasteiger partial charge >= 0.3 is 0 Å². The highest BCUT2D eigenvalue weighted by Crippen LogP contribution is 2.31. The highest BCUT2D eigenvalue weighted by atomic mass is 35.5. The monoisotopic (exact) mass is 335 g/mol. The number of rotatable bonds is 6. The van der Waals surface area contributed by atoms with Crippen molar-refractivity contribution in [3.8, 4) is 0 Å². The van der Waals surface area contributed by atoms with E-state index in [0.717, 1.165) is 6.54 Å². The van der Waals surface area contributed by atoms with Crippen molar-refractivity contribution in [2.75, 3.05) is 31.6 Å². The van der Waals surface area contributed by atoms with Gasteiger partial charge in [-0.15, -0.1) is 0 Å². The number of carbonyl (C=O) groups excluding carboxylic acids is 2. The molecule has 5 nitrogen and oxygen atoms in total. The molecule has 23 heavy (non-hydrogen) atoms. The molecule has 3 rings (SSSR count). The molecule has 2 amide bonds. The Morgan fingerprint density at radius 1 is 1.39 bits per heavy atom. The Labute approximate surface area is 141 Å². The molecule has 1 saturated carbocycles. The Balaban J connectivity index is 1.52. The molecule has 0 radical (unpaired) electrons. The van der Waals surface area contributed by atoms with E-state index in [1.165, 1.54) is 12.8 Å². The summed E-state index contributed by atoms with van der Waals surface area (Å²) < 4.78 is 0. The molecule has 1 aromatic rings. The predicted octanol–water partition coefficient (Wildman–Crippen LogP) is 1.90. The van der Waals surface area contributed by atoms with Gasteiger partial charge in [-0.1, -0.05) is 23.7 Å². The van der Waals surface area contributed by atoms with Crippen LogP contribution in [0.1, 0.15) is 19.3 Å². The number of hydrogen-bond donors (Lipinski definition) is 1. The first-order valence-corrected chi connectivity index (χ1v) is 8.47. The fourth-order valence-electron chi connectivity index (χ4n) is 2.98. The molecule has 0 bridgehead atoms. The minimum atomic E-state index is -0.301. The van der Waals surface area contributed by atoms with Crippen molar-refractivity contribution in [2.45, 2.75) is 25.3 Å². The molecular formula is C17H22ClN3O2. The van der Waals surface area contributed by atoms with E-state index in [-0.39, 0.29) is 24.2 Å². The third-order valence-corrected chi connectivity index (χ3v) is 4.89. The van der Waals surface area contributed by atoms with Gasteiger partial charge in [0.15, 0.2) is 0 Å². The van der Waals surface area contributed by atoms with Crippen LogP contribution in [0.25, 0.3) is 0 Å². The summed E-state index contributed by atoms with van der Waals surface area (Å²) in [5, 5.41) is 3.49. The van der Waals surface area contributed by atoms with Gasteiger partial charge in [-0.05, 0) is 32.0 Å². The van der Waals surface area contributed by atoms with Crippen molar-refractivity contribution < 1.29 is 9.59 Å². The van der Waals surface area contributed by atoms with Crippen LogP contribution in [-0.2, 0) is 9.59 Å². The molecule has 1 atom stereocenters. The van der Waals surface area contributed by atoms with E-state index in [2.05, 4.69) is 17.3 Å². The minimum absolute atomic E-state index is 0.0444. The summed E-state index contributed by atoms with van der Waals surface area (Å²) in [5.74, 6) is -0.393. The molecule has 6 heteroatoms. The van der Waals surface area contributed by atoms with Crippen LogP contribution in [0.4, 0.5) is 5.69 Å². The van der Waals surface area contributed by atoms with Crippen molar-refractivity contribution in [1.29, 1.82) is 0 Å². The molecule has 1 aliphatic heterocycles. The lowest BCUT2D eigenvalue weighted by atomic mass is 10.1. The molecular weight excluding hydrogens is 314 g/mol. The maximum Gasteiger partial charge on any atom is 0.227 e. The highest BCUT2D eigenvalue weighted by molar-refractivity contribution is 6.33. The molecule has 1 aliphatic carbocycles. The van der Waals surface area contributed by atoms with E-state index in [9.17, 15) is 9.59 Å². The second kappa shape index (κ2) is 6.89. The smallest absolute Gasteiger partial charge is 0.227 e. The normalized spacial score (nSPS) is 21.1. The van der Waals surface area contributed by atoms with Crippen LogP contribution >= 0.6 is 11.6 Å². The largest absolute Gasteiger partial charge is 0.355 e. The first-order chi connectivity index (χ1) is 11.1. The lowest BCUT2D eigenvalue weighted by Crippen LogP contribution is -2.38. The number of nitrogens with zero attached hydrogens (tertiary/aromatic N) is 2. The fourth-order valence-corrected chi connectivity index (χ4v) is 3.22. The summed E-state index contributed by atoms with van der Waals surface area (Å²) in [6, 6.07) is 7.93. The SMILES string of the molecule is CN(CCNC(=O)[C@@H]1CC(=O)N(c2ccccc2Cl)C1)C1CC1. The predicted molar refractivity (Wildman–Crippen MR) is 90.6 cm³/mol. The van der Waals surface area contributed by atoms with Gasteiger partial charge in [0.05, 0.1) is 16.6 Å². The first kappa shape index (κ1) is 16.3. The molecule has 1 saturated heterocycles. The van der Waals surface area contributed by atoms with Gasteiger partial charge in [0.25, 0.3) is 0 Å². The standard InChI is InChI=1S/C17H22ClN3O2/c1-20(13-6-7-13)9-8-19-17(23)12-10-16(22)21(11-12)15-5-3-2-4-14(15)18/h2-5,12-13H,6-11H2,1H3,(H,19,23)/t12-/m1/s1. The van der Waals surface area contributed by atoms with E-state index in [4.69, 9.17) is 11.6 Å². The van der Waals surface area contributed by atoms with E-state index in [1.54, 1.807) is 11.0 Å². The summed E-state index contributed by atoms with van der Waals surface area (Å²) in [5.41, 5.74) is 0.683. The summed E-state index contributed by atoms with van der Waals surface area (Å²) in [6.45, 7) is 1.88. The lowest BCUT2D eigenvalue weighted by Gasteiger charge is -2.19. The lowest BCUT2D eigenvalue weighted by molar-refractivity contribution is -0.126. The number of likely N-dealkylation sites (N-methyl/N-ethyl adjacent to an activating group) is 1. The van der Waals surface area contributed by atoms with Gasteiger partial charge in [-0.3, -0.25) is 9.59 Å². The number of para-hydroxylation sites is 1. The van der Waals surface area contributed by atoms with Crippen LogP contribution in [-0.4, -0.2) is 49.4 Å². The van der Waals surface area contributed by atoms with Crippen molar-refractivity contribution >= 4 is 29.1 Å². The molecule has 1 N–H and O–H groups in total. The summed E-state index contributed by atoms with van der Waals surface area (Å²) >= 11 is 6.15. The van der Waals surface area contributed by atoms with Crippen LogP contribution in [0.3, 0.4) is 0 Å². The Morgan fingerprint density at radius 2 is 2.13 bits per heavy atom. The van der Waals surface area contributed by atoms with Crippen molar-refractivity contribution in [2.24, 2.45) is 5.92 Å². The number of hydrogen-bond acceptors (Lipinski definition) is 3. The summed E-state index contributed by atoms with van der Waals surface area (Å²) in [4.78, 5) is 28.4. The van der Waals surface area contributed by atoms with Crippen molar-refractivity contribution in [3.63, 3.8) is 0 Å². The number of halogens is 1. The third kappa shape index (κ3) is 3.85. The van der Waals surface area contributed by atoms with E-state index < -0.39 is 0 Å². The van der Waals surface area contributed by atoms with Gasteiger partial charge < -0.3 is 15.1 Å². The number of benzene rings is 1. The molecule has 0 spiro atoms. The summed E-state index contributed by atoms with van der Waals surface area (Å²) in [6.07, 6.45) is 2.76. The van der Waals surface area contributed by atoms with Crippen molar-refractivity contribution in [3.05, 3.63) is 29.3 Å². The second-order valence-electron chi connectivity index (χ2n) is 6.36. The molecule has 1 heterocycles. The number of nitrogens with one attached hydrogen (secondary N) is 1. The van der Waals surface area contributed by atoms with Gasteiger partial charge in [0.1, 0.15) is 0 Å². The number of amides is 2. The topological polar surface area (TPSA) is 52.7 Å². The van der Waals surface area contributed by atoms with E-state index in [0.29, 0.717) is 29.8 Å². The molecule has 124 valence electrons. The third-order valence-electron chi connectivity index (χ3n) is 4.57. The Hall–Kier alpha value is -1.59. The quantitative estimate of drug-likeness (QED) is 0.864. The molecule has 2 fully saturated rings. The second-order valence-corrected chi connectivity index (χ2v) is 6.77. The maximum atomic E-state index is 12.3. The molecule has 0 unspecified atom stereocenters. The van der Waals surface area contributed by atoms with E-state index in [1.807, 2.05) is 18.2 Å². The van der Waals surface area contributed by atoms with Crippen LogP contribution in [0.2, 0.25) is 5.02 Å². The zero-order chi connectivity index (χ0) is 16.4. The highest BCUT2D eigenvalue weighted by Gasteiger charge is 2.35. The average molecular weight is 336 g/mol. The zero-order valence-electron chi connectivity index (χ0n) is 13.3. The molecule has 1 aromatic carbocycles. The maximum absolute atomic E-state index is 12.3. The number of anilines is 1. The van der Waals surface area contributed by atoms with Gasteiger partial charge in [0.2, 0.25) is 11.8 Å². The molecule has 0 aromatic heterocycles. The van der Waals surface area contributed by atoms with E-state index >= 15 is 0 Å². The van der Waals surface area contributed by atoms with Crippen molar-refractivity contribution in [1.82, 2.24) is 10.2 Å². The van der Waals surface area contributed by atoms with Gasteiger partial charge in [-0.2, -0.15) is 0 Å². The average Bonchev–Trinajstić information content (AvgIpc) is 3.31. The Bertz CT molecular complexity index is 603. The summed E-state index contributed by atoms with van der Waals surface area (Å²) in [7, 11) is 2.09. The van der Waals surface area contributed by atoms with Crippen LogP contribution in [0, 0.1) is 5.92 Å². The molecule has 2 aliphatic rings. The Kier molecular flexibility index (Phi) is 4.87. The fraction of sp³-hybridized carbons (Fsp3) is 0.529. The van der Waals surface area contributed by atoms with Crippen LogP contribution in [0.5, 0.6) is 0 Å². The van der Waals surface area contributed by atoms with Crippen LogP contribution < -0.4 is 10.2 Å². The number of carbonyl (C=O) groups is 2. The Morgan fingerprint density at radius 3 is 2.83 bits per heavy atom. The van der Waals surface area contributed by atoms with Crippen LogP contribution in [0.15, 0.2) is 24.3 Å². The first-order valence-electron chi connectivity index (χ1n) is 8.09. The minimum Gasteiger partial charge on any atom is -0.355 e. The zero-order valence-corrected chi connectivity index (χ0v) is 14.1.